The number of fused-ring (bicyclic) bond motifs is 1. The van der Waals surface area contributed by atoms with Gasteiger partial charge in [-0.1, -0.05) is 0 Å². The number of ether oxygens (including phenoxy) is 1. The van der Waals surface area contributed by atoms with Crippen LogP contribution in [0.2, 0.25) is 0 Å². The number of rotatable bonds is 7. The van der Waals surface area contributed by atoms with Crippen LogP contribution >= 0.6 is 0 Å². The van der Waals surface area contributed by atoms with Gasteiger partial charge in [0.1, 0.15) is 0 Å². The Bertz CT molecular complexity index is 1170. The Morgan fingerprint density at radius 1 is 1.24 bits per heavy atom. The Hall–Kier alpha value is -3.05. The summed E-state index contributed by atoms with van der Waals surface area (Å²) in [4.78, 5) is 19.3. The van der Waals surface area contributed by atoms with Gasteiger partial charge in [0.2, 0.25) is 5.82 Å². The molecule has 4 rings (SSSR count). The number of benzene rings is 1. The van der Waals surface area contributed by atoms with Gasteiger partial charge in [0.05, 0.1) is 23.6 Å². The van der Waals surface area contributed by atoms with E-state index < -0.39 is 28.0 Å². The first-order valence-corrected chi connectivity index (χ1v) is 11.6. The van der Waals surface area contributed by atoms with E-state index in [1.807, 2.05) is 11.8 Å². The lowest BCUT2D eigenvalue weighted by Crippen LogP contribution is -2.35. The van der Waals surface area contributed by atoms with Crippen LogP contribution in [0.15, 0.2) is 36.8 Å². The Kier molecular flexibility index (Phi) is 6.89. The Morgan fingerprint density at radius 2 is 2.00 bits per heavy atom. The van der Waals surface area contributed by atoms with E-state index in [1.54, 1.807) is 31.6 Å². The van der Waals surface area contributed by atoms with Gasteiger partial charge in [-0.15, -0.1) is 0 Å². The molecular formula is C22H23F2N5O3S. The molecule has 174 valence electrons. The quantitative estimate of drug-likeness (QED) is 0.516. The van der Waals surface area contributed by atoms with Crippen LogP contribution in [-0.4, -0.2) is 47.1 Å². The monoisotopic (exact) mass is 475 g/mol. The molecule has 3 atom stereocenters. The first kappa shape index (κ1) is 23.1. The van der Waals surface area contributed by atoms with Crippen LogP contribution in [0.3, 0.4) is 0 Å². The maximum atomic E-state index is 14.4. The zero-order chi connectivity index (χ0) is 23.5. The van der Waals surface area contributed by atoms with Gasteiger partial charge in [0.15, 0.2) is 34.3 Å². The van der Waals surface area contributed by atoms with Crippen molar-refractivity contribution >= 4 is 16.8 Å². The summed E-state index contributed by atoms with van der Waals surface area (Å²) < 4.78 is 54.2. The van der Waals surface area contributed by atoms with Gasteiger partial charge in [-0.2, -0.15) is 4.39 Å². The first-order chi connectivity index (χ1) is 15.8. The van der Waals surface area contributed by atoms with Crippen molar-refractivity contribution in [2.45, 2.75) is 38.0 Å². The lowest BCUT2D eigenvalue weighted by Gasteiger charge is -2.36. The van der Waals surface area contributed by atoms with Crippen molar-refractivity contribution in [3.8, 4) is 17.4 Å². The fraction of sp³-hybridized carbons (Fsp3) is 0.364. The topological polar surface area (TPSA) is 101 Å². The fourth-order valence-corrected chi connectivity index (χ4v) is 3.99. The van der Waals surface area contributed by atoms with Gasteiger partial charge in [0.25, 0.3) is 0 Å². The Morgan fingerprint density at radius 3 is 2.73 bits per heavy atom. The summed E-state index contributed by atoms with van der Waals surface area (Å²) in [6, 6.07) is 4.12. The smallest absolute Gasteiger partial charge is 0.200 e. The number of hydrogen-bond acceptors (Lipinski definition) is 7. The van der Waals surface area contributed by atoms with Crippen molar-refractivity contribution in [2.24, 2.45) is 0 Å². The molecule has 0 fully saturated rings. The van der Waals surface area contributed by atoms with Gasteiger partial charge >= 0.3 is 0 Å². The minimum Gasteiger partial charge on any atom is -0.490 e. The molecule has 33 heavy (non-hydrogen) atoms. The standard InChI is InChI=1S/C22H23F2N5O3S/c1-13(33(30)31)5-9-32-19-11-15(10-17(23)20(19)24)29-8-4-18-16(14(29)2)12-27-22(28-18)21-25-6-3-7-26-21/h3,6-7,10-14H,4-5,8-9H2,1-2H3,(H,30,31). The zero-order valence-electron chi connectivity index (χ0n) is 18.1. The molecule has 3 heterocycles. The molecule has 0 saturated carbocycles. The number of anilines is 1. The minimum atomic E-state index is -2.00. The summed E-state index contributed by atoms with van der Waals surface area (Å²) in [6.45, 7) is 4.05. The van der Waals surface area contributed by atoms with E-state index in [4.69, 9.17) is 9.29 Å². The molecule has 1 aliphatic heterocycles. The van der Waals surface area contributed by atoms with Crippen LogP contribution in [0.25, 0.3) is 11.6 Å². The summed E-state index contributed by atoms with van der Waals surface area (Å²) in [5.41, 5.74) is 2.21. The number of aromatic nitrogens is 4. The van der Waals surface area contributed by atoms with Crippen LogP contribution in [0, 0.1) is 11.6 Å². The van der Waals surface area contributed by atoms with Crippen molar-refractivity contribution in [3.63, 3.8) is 0 Å². The first-order valence-electron chi connectivity index (χ1n) is 10.5. The second kappa shape index (κ2) is 9.84. The van der Waals surface area contributed by atoms with E-state index in [1.165, 1.54) is 6.07 Å². The zero-order valence-corrected chi connectivity index (χ0v) is 18.9. The molecular weight excluding hydrogens is 452 g/mol. The molecule has 0 bridgehead atoms. The fourth-order valence-electron chi connectivity index (χ4n) is 3.70. The molecule has 1 aromatic carbocycles. The number of hydrogen-bond donors (Lipinski definition) is 1. The minimum absolute atomic E-state index is 0.0101. The third kappa shape index (κ3) is 4.98. The molecule has 1 N–H and O–H groups in total. The molecule has 0 amide bonds. The van der Waals surface area contributed by atoms with Crippen molar-refractivity contribution < 1.29 is 22.3 Å². The van der Waals surface area contributed by atoms with E-state index >= 15 is 0 Å². The molecule has 3 unspecified atom stereocenters. The van der Waals surface area contributed by atoms with Gasteiger partial charge in [-0.25, -0.2) is 28.5 Å². The molecule has 0 saturated heterocycles. The SMILES string of the molecule is CC1c2cnc(-c3ncccn3)nc2CCN1c1cc(F)c(F)c(OCCC(C)S(=O)O)c1. The van der Waals surface area contributed by atoms with E-state index in [0.29, 0.717) is 30.3 Å². The van der Waals surface area contributed by atoms with E-state index in [-0.39, 0.29) is 24.8 Å². The lowest BCUT2D eigenvalue weighted by molar-refractivity contribution is 0.288. The summed E-state index contributed by atoms with van der Waals surface area (Å²) in [6.07, 6.45) is 5.78. The third-order valence-electron chi connectivity index (χ3n) is 5.61. The van der Waals surface area contributed by atoms with Crippen LogP contribution < -0.4 is 9.64 Å². The van der Waals surface area contributed by atoms with E-state index in [0.717, 1.165) is 17.3 Å². The highest BCUT2D eigenvalue weighted by atomic mass is 32.2. The summed E-state index contributed by atoms with van der Waals surface area (Å²) in [5.74, 6) is -1.45. The van der Waals surface area contributed by atoms with Gasteiger partial charge in [-0.05, 0) is 26.3 Å². The molecule has 11 heteroatoms. The number of halogens is 2. The average molecular weight is 476 g/mol. The third-order valence-corrected chi connectivity index (χ3v) is 6.53. The van der Waals surface area contributed by atoms with Crippen molar-refractivity contribution in [2.75, 3.05) is 18.1 Å². The van der Waals surface area contributed by atoms with Crippen LogP contribution in [0.4, 0.5) is 14.5 Å². The van der Waals surface area contributed by atoms with E-state index in [9.17, 15) is 13.0 Å². The second-order valence-electron chi connectivity index (χ2n) is 7.75. The molecule has 0 spiro atoms. The summed E-state index contributed by atoms with van der Waals surface area (Å²) >= 11 is -2.00. The predicted octanol–water partition coefficient (Wildman–Crippen LogP) is 3.71. The molecule has 0 radical (unpaired) electrons. The van der Waals surface area contributed by atoms with E-state index in [2.05, 4.69) is 19.9 Å². The lowest BCUT2D eigenvalue weighted by atomic mass is 9.98. The van der Waals surface area contributed by atoms with Crippen molar-refractivity contribution in [3.05, 3.63) is 59.7 Å². The molecule has 3 aromatic rings. The highest BCUT2D eigenvalue weighted by Crippen LogP contribution is 2.36. The Labute approximate surface area is 192 Å². The normalized spacial score (nSPS) is 17.4. The van der Waals surface area contributed by atoms with Crippen LogP contribution in [0.1, 0.15) is 37.6 Å². The average Bonchev–Trinajstić information content (AvgIpc) is 2.82. The predicted molar refractivity (Wildman–Crippen MR) is 119 cm³/mol. The molecule has 1 aliphatic rings. The Balaban J connectivity index is 1.55. The number of nitrogens with zero attached hydrogens (tertiary/aromatic N) is 5. The summed E-state index contributed by atoms with van der Waals surface area (Å²) in [7, 11) is 0. The van der Waals surface area contributed by atoms with Crippen molar-refractivity contribution in [1.29, 1.82) is 0 Å². The van der Waals surface area contributed by atoms with Crippen LogP contribution in [-0.2, 0) is 17.5 Å². The highest BCUT2D eigenvalue weighted by Gasteiger charge is 2.28. The van der Waals surface area contributed by atoms with Crippen molar-refractivity contribution in [1.82, 2.24) is 19.9 Å². The maximum Gasteiger partial charge on any atom is 0.200 e. The maximum absolute atomic E-state index is 14.4. The highest BCUT2D eigenvalue weighted by molar-refractivity contribution is 7.79. The second-order valence-corrected chi connectivity index (χ2v) is 9.11. The molecule has 8 nitrogen and oxygen atoms in total. The molecule has 0 aliphatic carbocycles. The van der Waals surface area contributed by atoms with Gasteiger partial charge in [0, 0.05) is 54.9 Å². The van der Waals surface area contributed by atoms with Crippen LogP contribution in [0.5, 0.6) is 5.75 Å². The largest absolute Gasteiger partial charge is 0.490 e. The molecule has 2 aromatic heterocycles. The summed E-state index contributed by atoms with van der Waals surface area (Å²) in [5, 5.41) is -0.536. The van der Waals surface area contributed by atoms with Gasteiger partial charge < -0.3 is 14.2 Å². The van der Waals surface area contributed by atoms with Gasteiger partial charge in [-0.3, -0.25) is 0 Å².